The van der Waals surface area contributed by atoms with Gasteiger partial charge in [-0.05, 0) is 30.3 Å². The Morgan fingerprint density at radius 3 is 2.57 bits per heavy atom. The first kappa shape index (κ1) is 15.6. The highest BCUT2D eigenvalue weighted by Gasteiger charge is 2.15. The van der Waals surface area contributed by atoms with Gasteiger partial charge in [0.2, 0.25) is 0 Å². The van der Waals surface area contributed by atoms with Gasteiger partial charge in [0.1, 0.15) is 18.0 Å². The first-order valence-corrected chi connectivity index (χ1v) is 8.08. The highest BCUT2D eigenvalue weighted by atomic mass is 16.5. The molecule has 0 atom stereocenters. The van der Waals surface area contributed by atoms with Gasteiger partial charge < -0.3 is 14.7 Å². The maximum atomic E-state index is 9.86. The second kappa shape index (κ2) is 7.29. The summed E-state index contributed by atoms with van der Waals surface area (Å²) in [6.07, 6.45) is 4.36. The summed E-state index contributed by atoms with van der Waals surface area (Å²) in [5.41, 5.74) is 2.88. The second-order valence-corrected chi connectivity index (χ2v) is 5.98. The van der Waals surface area contributed by atoms with Crippen LogP contribution in [0, 0.1) is 0 Å². The van der Waals surface area contributed by atoms with E-state index in [1.165, 1.54) is 31.5 Å². The van der Waals surface area contributed by atoms with Gasteiger partial charge in [-0.1, -0.05) is 12.1 Å². The van der Waals surface area contributed by atoms with Crippen LogP contribution in [0.2, 0.25) is 0 Å². The van der Waals surface area contributed by atoms with Crippen molar-refractivity contribution in [1.29, 1.82) is 0 Å². The molecule has 4 nitrogen and oxygen atoms in total. The number of aromatic hydroxyl groups is 1. The summed E-state index contributed by atoms with van der Waals surface area (Å²) in [6.45, 7) is 3.67. The van der Waals surface area contributed by atoms with Crippen molar-refractivity contribution in [3.8, 4) is 11.5 Å². The summed E-state index contributed by atoms with van der Waals surface area (Å²) in [7, 11) is 1.61. The summed E-state index contributed by atoms with van der Waals surface area (Å²) in [5.74, 6) is 0.900. The predicted molar refractivity (Wildman–Crippen MR) is 92.0 cm³/mol. The number of phenolic OH excluding ortho intramolecular Hbond substituents is 1. The lowest BCUT2D eigenvalue weighted by Gasteiger charge is -2.11. The maximum Gasteiger partial charge on any atom is 0.124 e. The third kappa shape index (κ3) is 4.11. The standard InChI is InChI=1S/C19H22N2O2/c1-23-18-8-9-19(22)16(12-18)13-20-17-6-4-15(5-7-17)14-21-10-2-3-11-21/h4-9,12-13,22H,2-3,10-11,14H2,1H3/p+1. The first-order valence-electron chi connectivity index (χ1n) is 8.08. The number of methoxy groups -OCH3 is 1. The van der Waals surface area contributed by atoms with E-state index in [0.717, 1.165) is 12.2 Å². The fourth-order valence-electron chi connectivity index (χ4n) is 2.95. The molecule has 0 unspecified atom stereocenters. The average molecular weight is 311 g/mol. The number of aliphatic imine (C=N–C) groups is 1. The zero-order valence-electron chi connectivity index (χ0n) is 13.5. The van der Waals surface area contributed by atoms with E-state index >= 15 is 0 Å². The maximum absolute atomic E-state index is 9.86. The summed E-state index contributed by atoms with van der Waals surface area (Å²) in [4.78, 5) is 6.11. The Hall–Kier alpha value is -2.33. The number of hydrogen-bond donors (Lipinski definition) is 2. The van der Waals surface area contributed by atoms with Gasteiger partial charge in [-0.25, -0.2) is 0 Å². The Balaban J connectivity index is 1.67. The van der Waals surface area contributed by atoms with Crippen molar-refractivity contribution in [1.82, 2.24) is 0 Å². The number of benzene rings is 2. The van der Waals surface area contributed by atoms with Gasteiger partial charge in [-0.3, -0.25) is 4.99 Å². The smallest absolute Gasteiger partial charge is 0.124 e. The van der Waals surface area contributed by atoms with E-state index in [9.17, 15) is 5.11 Å². The van der Waals surface area contributed by atoms with Crippen molar-refractivity contribution >= 4 is 11.9 Å². The van der Waals surface area contributed by atoms with Gasteiger partial charge in [-0.15, -0.1) is 0 Å². The van der Waals surface area contributed by atoms with Crippen LogP contribution in [0.15, 0.2) is 47.5 Å². The van der Waals surface area contributed by atoms with Crippen molar-refractivity contribution < 1.29 is 14.7 Å². The fraction of sp³-hybridized carbons (Fsp3) is 0.316. The Kier molecular flexibility index (Phi) is 4.93. The van der Waals surface area contributed by atoms with Crippen LogP contribution in [-0.4, -0.2) is 31.5 Å². The molecular formula is C19H23N2O2+. The first-order chi connectivity index (χ1) is 11.2. The summed E-state index contributed by atoms with van der Waals surface area (Å²) >= 11 is 0. The largest absolute Gasteiger partial charge is 0.507 e. The molecule has 2 aromatic rings. The minimum atomic E-state index is 0.198. The highest BCUT2D eigenvalue weighted by Crippen LogP contribution is 2.22. The molecule has 120 valence electrons. The van der Waals surface area contributed by atoms with E-state index in [0.29, 0.717) is 11.3 Å². The van der Waals surface area contributed by atoms with Gasteiger partial charge >= 0.3 is 0 Å². The average Bonchev–Trinajstić information content (AvgIpc) is 3.08. The van der Waals surface area contributed by atoms with Gasteiger partial charge in [0, 0.05) is 30.2 Å². The lowest BCUT2D eigenvalue weighted by atomic mass is 10.2. The van der Waals surface area contributed by atoms with E-state index < -0.39 is 0 Å². The third-order valence-electron chi connectivity index (χ3n) is 4.29. The highest BCUT2D eigenvalue weighted by molar-refractivity contribution is 5.85. The van der Waals surface area contributed by atoms with Crippen molar-refractivity contribution in [2.75, 3.05) is 20.2 Å². The molecule has 1 aliphatic heterocycles. The second-order valence-electron chi connectivity index (χ2n) is 5.98. The third-order valence-corrected chi connectivity index (χ3v) is 4.29. The minimum Gasteiger partial charge on any atom is -0.507 e. The van der Waals surface area contributed by atoms with Gasteiger partial charge in [0.25, 0.3) is 0 Å². The number of ether oxygens (including phenoxy) is 1. The molecule has 4 heteroatoms. The summed E-state index contributed by atoms with van der Waals surface area (Å²) in [5, 5.41) is 9.86. The summed E-state index contributed by atoms with van der Waals surface area (Å²) < 4.78 is 5.17. The van der Waals surface area contributed by atoms with Crippen LogP contribution in [0.4, 0.5) is 5.69 Å². The number of hydrogen-bond acceptors (Lipinski definition) is 3. The molecule has 2 N–H and O–H groups in total. The number of phenols is 1. The van der Waals surface area contributed by atoms with Crippen molar-refractivity contribution in [3.63, 3.8) is 0 Å². The molecule has 0 aromatic heterocycles. The zero-order valence-corrected chi connectivity index (χ0v) is 13.5. The Labute approximate surface area is 137 Å². The van der Waals surface area contributed by atoms with Crippen LogP contribution in [-0.2, 0) is 6.54 Å². The van der Waals surface area contributed by atoms with E-state index in [1.54, 1.807) is 36.4 Å². The number of likely N-dealkylation sites (tertiary alicyclic amines) is 1. The lowest BCUT2D eigenvalue weighted by Crippen LogP contribution is -3.08. The molecule has 1 saturated heterocycles. The molecule has 0 spiro atoms. The minimum absolute atomic E-state index is 0.198. The monoisotopic (exact) mass is 311 g/mol. The van der Waals surface area contributed by atoms with Crippen LogP contribution in [0.25, 0.3) is 0 Å². The zero-order chi connectivity index (χ0) is 16.1. The Morgan fingerprint density at radius 2 is 1.87 bits per heavy atom. The van der Waals surface area contributed by atoms with Crippen molar-refractivity contribution in [2.24, 2.45) is 4.99 Å². The normalized spacial score (nSPS) is 15.3. The Bertz CT molecular complexity index is 674. The molecule has 1 aliphatic rings. The molecule has 1 fully saturated rings. The van der Waals surface area contributed by atoms with E-state index in [1.807, 2.05) is 12.1 Å². The number of nitrogens with zero attached hydrogens (tertiary/aromatic N) is 1. The molecule has 0 amide bonds. The van der Waals surface area contributed by atoms with Crippen molar-refractivity contribution in [3.05, 3.63) is 53.6 Å². The van der Waals surface area contributed by atoms with Crippen LogP contribution in [0.5, 0.6) is 11.5 Å². The molecule has 2 aromatic carbocycles. The van der Waals surface area contributed by atoms with Crippen LogP contribution in [0.3, 0.4) is 0 Å². The van der Waals surface area contributed by atoms with Gasteiger partial charge in [0.05, 0.1) is 25.9 Å². The van der Waals surface area contributed by atoms with Gasteiger partial charge in [0.15, 0.2) is 0 Å². The quantitative estimate of drug-likeness (QED) is 0.833. The van der Waals surface area contributed by atoms with Crippen molar-refractivity contribution in [2.45, 2.75) is 19.4 Å². The van der Waals surface area contributed by atoms with Crippen LogP contribution >= 0.6 is 0 Å². The molecule has 0 radical (unpaired) electrons. The molecule has 23 heavy (non-hydrogen) atoms. The van der Waals surface area contributed by atoms with Crippen LogP contribution in [0.1, 0.15) is 24.0 Å². The molecule has 3 rings (SSSR count). The Morgan fingerprint density at radius 1 is 1.13 bits per heavy atom. The molecule has 0 saturated carbocycles. The topological polar surface area (TPSA) is 46.3 Å². The number of rotatable bonds is 5. The lowest BCUT2D eigenvalue weighted by molar-refractivity contribution is -0.901. The number of quaternary nitrogens is 1. The fourth-order valence-corrected chi connectivity index (χ4v) is 2.95. The molecule has 0 aliphatic carbocycles. The molecule has 1 heterocycles. The predicted octanol–water partition coefficient (Wildman–Crippen LogP) is 2.33. The van der Waals surface area contributed by atoms with Gasteiger partial charge in [-0.2, -0.15) is 0 Å². The summed E-state index contributed by atoms with van der Waals surface area (Å²) in [6, 6.07) is 13.4. The molecule has 0 bridgehead atoms. The number of nitrogens with one attached hydrogen (secondary N) is 1. The van der Waals surface area contributed by atoms with E-state index in [4.69, 9.17) is 4.74 Å². The SMILES string of the molecule is COc1ccc(O)c(C=Nc2ccc(C[NH+]3CCCC3)cc2)c1. The van der Waals surface area contributed by atoms with Crippen LogP contribution < -0.4 is 9.64 Å². The molecular weight excluding hydrogens is 288 g/mol. The van der Waals surface area contributed by atoms with E-state index in [-0.39, 0.29) is 5.75 Å². The van der Waals surface area contributed by atoms with E-state index in [2.05, 4.69) is 17.1 Å².